The van der Waals surface area contributed by atoms with Crippen molar-refractivity contribution in [3.8, 4) is 5.75 Å². The number of carboxylic acids is 1. The minimum Gasteiger partial charge on any atom is -0.493 e. The van der Waals surface area contributed by atoms with E-state index in [1.165, 1.54) is 5.56 Å². The summed E-state index contributed by atoms with van der Waals surface area (Å²) in [7, 11) is 0. The van der Waals surface area contributed by atoms with Gasteiger partial charge in [0.15, 0.2) is 0 Å². The van der Waals surface area contributed by atoms with Gasteiger partial charge in [-0.15, -0.1) is 0 Å². The second-order valence-electron chi connectivity index (χ2n) is 4.16. The van der Waals surface area contributed by atoms with Crippen molar-refractivity contribution in [3.05, 3.63) is 29.8 Å². The maximum absolute atomic E-state index is 11.2. The SMILES string of the molecule is CCCc1ccc(OCCC(=O)NCC(=O)O)cc1. The Morgan fingerprint density at radius 3 is 2.53 bits per heavy atom. The highest BCUT2D eigenvalue weighted by Gasteiger charge is 2.04. The lowest BCUT2D eigenvalue weighted by Gasteiger charge is -2.07. The summed E-state index contributed by atoms with van der Waals surface area (Å²) < 4.78 is 5.41. The molecule has 1 aromatic carbocycles. The van der Waals surface area contributed by atoms with Gasteiger partial charge >= 0.3 is 5.97 Å². The molecule has 0 aliphatic heterocycles. The summed E-state index contributed by atoms with van der Waals surface area (Å²) in [6.07, 6.45) is 2.28. The van der Waals surface area contributed by atoms with E-state index in [0.29, 0.717) is 5.75 Å². The molecule has 19 heavy (non-hydrogen) atoms. The van der Waals surface area contributed by atoms with Crippen molar-refractivity contribution in [3.63, 3.8) is 0 Å². The number of hydrogen-bond donors (Lipinski definition) is 2. The molecule has 0 aliphatic carbocycles. The van der Waals surface area contributed by atoms with Gasteiger partial charge in [0.2, 0.25) is 5.91 Å². The summed E-state index contributed by atoms with van der Waals surface area (Å²) in [4.78, 5) is 21.5. The second-order valence-corrected chi connectivity index (χ2v) is 4.16. The number of carbonyl (C=O) groups excluding carboxylic acids is 1. The first-order valence-electron chi connectivity index (χ1n) is 6.32. The average Bonchev–Trinajstić information content (AvgIpc) is 2.39. The minimum absolute atomic E-state index is 0.143. The maximum atomic E-state index is 11.2. The topological polar surface area (TPSA) is 75.6 Å². The van der Waals surface area contributed by atoms with Crippen LogP contribution in [0.2, 0.25) is 0 Å². The molecule has 0 saturated carbocycles. The molecule has 0 radical (unpaired) electrons. The van der Waals surface area contributed by atoms with Crippen LogP contribution in [0, 0.1) is 0 Å². The molecule has 1 rings (SSSR count). The molecular formula is C14H19NO4. The molecule has 104 valence electrons. The molecule has 1 amide bonds. The summed E-state index contributed by atoms with van der Waals surface area (Å²) in [5.41, 5.74) is 1.26. The number of carboxylic acid groups (broad SMARTS) is 1. The van der Waals surface area contributed by atoms with Gasteiger partial charge in [0.1, 0.15) is 12.3 Å². The smallest absolute Gasteiger partial charge is 0.322 e. The Labute approximate surface area is 112 Å². The standard InChI is InChI=1S/C14H19NO4/c1-2-3-11-4-6-12(7-5-11)19-9-8-13(16)15-10-14(17)18/h4-7H,2-3,8-10H2,1H3,(H,15,16)(H,17,18). The number of aryl methyl sites for hydroxylation is 1. The summed E-state index contributed by atoms with van der Waals surface area (Å²) in [5, 5.41) is 10.7. The highest BCUT2D eigenvalue weighted by Crippen LogP contribution is 2.13. The van der Waals surface area contributed by atoms with Crippen LogP contribution in [0.1, 0.15) is 25.3 Å². The molecule has 0 aliphatic rings. The Bertz CT molecular complexity index is 414. The number of rotatable bonds is 8. The normalized spacial score (nSPS) is 9.95. The van der Waals surface area contributed by atoms with E-state index in [1.54, 1.807) is 0 Å². The van der Waals surface area contributed by atoms with Gasteiger partial charge in [-0.1, -0.05) is 25.5 Å². The fraction of sp³-hybridized carbons (Fsp3) is 0.429. The Morgan fingerprint density at radius 1 is 1.26 bits per heavy atom. The minimum atomic E-state index is -1.05. The van der Waals surface area contributed by atoms with Crippen molar-refractivity contribution < 1.29 is 19.4 Å². The molecule has 0 aromatic heterocycles. The van der Waals surface area contributed by atoms with Gasteiger partial charge in [-0.05, 0) is 24.1 Å². The second kappa shape index (κ2) is 8.13. The zero-order chi connectivity index (χ0) is 14.1. The third kappa shape index (κ3) is 6.45. The van der Waals surface area contributed by atoms with Crippen LogP contribution in [-0.4, -0.2) is 30.1 Å². The van der Waals surface area contributed by atoms with E-state index < -0.39 is 5.97 Å². The fourth-order valence-corrected chi connectivity index (χ4v) is 1.57. The van der Waals surface area contributed by atoms with Crippen molar-refractivity contribution in [2.24, 2.45) is 0 Å². The van der Waals surface area contributed by atoms with Crippen LogP contribution in [-0.2, 0) is 16.0 Å². The highest BCUT2D eigenvalue weighted by atomic mass is 16.5. The lowest BCUT2D eigenvalue weighted by atomic mass is 10.1. The van der Waals surface area contributed by atoms with Crippen molar-refractivity contribution in [2.45, 2.75) is 26.2 Å². The number of hydrogen-bond acceptors (Lipinski definition) is 3. The predicted octanol–water partition coefficient (Wildman–Crippen LogP) is 1.61. The predicted molar refractivity (Wildman–Crippen MR) is 71.2 cm³/mol. The van der Waals surface area contributed by atoms with Gasteiger partial charge in [-0.3, -0.25) is 9.59 Å². The van der Waals surface area contributed by atoms with Crippen LogP contribution < -0.4 is 10.1 Å². The first-order chi connectivity index (χ1) is 9.11. The van der Waals surface area contributed by atoms with Crippen molar-refractivity contribution in [2.75, 3.05) is 13.2 Å². The first-order valence-corrected chi connectivity index (χ1v) is 6.32. The molecule has 5 nitrogen and oxygen atoms in total. The Balaban J connectivity index is 2.25. The summed E-state index contributed by atoms with van der Waals surface area (Å²) >= 11 is 0. The van der Waals surface area contributed by atoms with Crippen LogP contribution in [0.3, 0.4) is 0 Å². The highest BCUT2D eigenvalue weighted by molar-refractivity contribution is 5.81. The Hall–Kier alpha value is -2.04. The average molecular weight is 265 g/mol. The van der Waals surface area contributed by atoms with Crippen LogP contribution in [0.4, 0.5) is 0 Å². The zero-order valence-electron chi connectivity index (χ0n) is 11.0. The summed E-state index contributed by atoms with van der Waals surface area (Å²) in [5.74, 6) is -0.670. The molecule has 0 heterocycles. The van der Waals surface area contributed by atoms with E-state index in [4.69, 9.17) is 9.84 Å². The number of aliphatic carboxylic acids is 1. The lowest BCUT2D eigenvalue weighted by Crippen LogP contribution is -2.30. The number of nitrogens with one attached hydrogen (secondary N) is 1. The first kappa shape index (κ1) is 15.0. The van der Waals surface area contributed by atoms with Crippen LogP contribution in [0.25, 0.3) is 0 Å². The van der Waals surface area contributed by atoms with Crippen molar-refractivity contribution in [1.29, 1.82) is 0 Å². The van der Waals surface area contributed by atoms with Crippen LogP contribution >= 0.6 is 0 Å². The number of carbonyl (C=O) groups is 2. The van der Waals surface area contributed by atoms with E-state index in [1.807, 2.05) is 24.3 Å². The molecule has 0 bridgehead atoms. The third-order valence-corrected chi connectivity index (χ3v) is 2.50. The van der Waals surface area contributed by atoms with Gasteiger partial charge in [0, 0.05) is 0 Å². The molecule has 1 aromatic rings. The van der Waals surface area contributed by atoms with Crippen molar-refractivity contribution in [1.82, 2.24) is 5.32 Å². The summed E-state index contributed by atoms with van der Waals surface area (Å²) in [6, 6.07) is 7.76. The van der Waals surface area contributed by atoms with Gasteiger partial charge in [0.05, 0.1) is 13.0 Å². The van der Waals surface area contributed by atoms with E-state index in [0.717, 1.165) is 12.8 Å². The third-order valence-electron chi connectivity index (χ3n) is 2.50. The van der Waals surface area contributed by atoms with Gasteiger partial charge in [0.25, 0.3) is 0 Å². The van der Waals surface area contributed by atoms with E-state index in [-0.39, 0.29) is 25.5 Å². The van der Waals surface area contributed by atoms with Gasteiger partial charge in [-0.2, -0.15) is 0 Å². The molecular weight excluding hydrogens is 246 g/mol. The maximum Gasteiger partial charge on any atom is 0.322 e. The van der Waals surface area contributed by atoms with Crippen LogP contribution in [0.15, 0.2) is 24.3 Å². The molecule has 0 saturated heterocycles. The lowest BCUT2D eigenvalue weighted by molar-refractivity contribution is -0.138. The number of ether oxygens (including phenoxy) is 1. The van der Waals surface area contributed by atoms with Crippen LogP contribution in [0.5, 0.6) is 5.75 Å². The molecule has 0 fully saturated rings. The quantitative estimate of drug-likeness (QED) is 0.748. The van der Waals surface area contributed by atoms with Crippen molar-refractivity contribution >= 4 is 11.9 Å². The monoisotopic (exact) mass is 265 g/mol. The van der Waals surface area contributed by atoms with Gasteiger partial charge < -0.3 is 15.2 Å². The largest absolute Gasteiger partial charge is 0.493 e. The van der Waals surface area contributed by atoms with E-state index in [9.17, 15) is 9.59 Å². The molecule has 0 spiro atoms. The molecule has 0 atom stereocenters. The van der Waals surface area contributed by atoms with E-state index >= 15 is 0 Å². The van der Waals surface area contributed by atoms with E-state index in [2.05, 4.69) is 12.2 Å². The zero-order valence-corrected chi connectivity index (χ0v) is 11.0. The molecule has 0 unspecified atom stereocenters. The van der Waals surface area contributed by atoms with Gasteiger partial charge in [-0.25, -0.2) is 0 Å². The number of amides is 1. The summed E-state index contributed by atoms with van der Waals surface area (Å²) in [6.45, 7) is 2.00. The molecule has 5 heteroatoms. The Kier molecular flexibility index (Phi) is 6.43. The molecule has 2 N–H and O–H groups in total. The Morgan fingerprint density at radius 2 is 1.95 bits per heavy atom. The fourth-order valence-electron chi connectivity index (χ4n) is 1.57. The number of benzene rings is 1.